The maximum atomic E-state index is 13.0. The summed E-state index contributed by atoms with van der Waals surface area (Å²) in [6, 6.07) is 9.05. The molecule has 0 atom stereocenters. The van der Waals surface area contributed by atoms with E-state index in [1.807, 2.05) is 35.9 Å². The van der Waals surface area contributed by atoms with Crippen molar-refractivity contribution >= 4 is 39.8 Å². The fourth-order valence-corrected chi connectivity index (χ4v) is 5.22. The average Bonchev–Trinajstić information content (AvgIpc) is 3.39. The number of hydrogen-bond donors (Lipinski definition) is 1. The van der Waals surface area contributed by atoms with Crippen molar-refractivity contribution in [1.29, 1.82) is 0 Å². The lowest BCUT2D eigenvalue weighted by molar-refractivity contribution is 0.102. The summed E-state index contributed by atoms with van der Waals surface area (Å²) in [7, 11) is 0. The van der Waals surface area contributed by atoms with Crippen molar-refractivity contribution < 1.29 is 9.90 Å². The zero-order valence-corrected chi connectivity index (χ0v) is 18.9. The molecule has 1 aromatic carbocycles. The average molecular weight is 455 g/mol. The number of aromatic nitrogens is 4. The molecule has 0 spiro atoms. The highest BCUT2D eigenvalue weighted by molar-refractivity contribution is 7.99. The minimum absolute atomic E-state index is 0.0228. The van der Waals surface area contributed by atoms with Crippen LogP contribution in [0.3, 0.4) is 0 Å². The van der Waals surface area contributed by atoms with Crippen LogP contribution < -0.4 is 5.56 Å². The first-order valence-electron chi connectivity index (χ1n) is 9.86. The molecule has 0 radical (unpaired) electrons. The van der Waals surface area contributed by atoms with Crippen LogP contribution in [0.5, 0.6) is 0 Å². The molecule has 0 aliphatic carbocycles. The maximum Gasteiger partial charge on any atom is 0.262 e. The molecule has 0 aliphatic heterocycles. The van der Waals surface area contributed by atoms with Crippen LogP contribution in [-0.2, 0) is 6.54 Å². The van der Waals surface area contributed by atoms with E-state index in [9.17, 15) is 14.7 Å². The minimum Gasteiger partial charge on any atom is -0.396 e. The largest absolute Gasteiger partial charge is 0.396 e. The third-order valence-corrected chi connectivity index (χ3v) is 6.77. The Labute approximate surface area is 187 Å². The molecule has 0 saturated carbocycles. The lowest BCUT2D eigenvalue weighted by Gasteiger charge is -2.12. The summed E-state index contributed by atoms with van der Waals surface area (Å²) in [6.07, 6.45) is 2.18. The van der Waals surface area contributed by atoms with Gasteiger partial charge in [0.1, 0.15) is 0 Å². The first-order chi connectivity index (χ1) is 15.0. The number of carbonyl (C=O) groups is 1. The molecule has 160 valence electrons. The molecule has 3 heterocycles. The van der Waals surface area contributed by atoms with Gasteiger partial charge < -0.3 is 5.11 Å². The van der Waals surface area contributed by atoms with Gasteiger partial charge in [-0.3, -0.25) is 18.7 Å². The summed E-state index contributed by atoms with van der Waals surface area (Å²) >= 11 is 2.77. The number of thioether (sulfide) groups is 1. The number of benzene rings is 1. The van der Waals surface area contributed by atoms with E-state index in [2.05, 4.69) is 9.97 Å². The summed E-state index contributed by atoms with van der Waals surface area (Å²) < 4.78 is 3.53. The molecule has 0 unspecified atom stereocenters. The number of thiazole rings is 1. The van der Waals surface area contributed by atoms with Crippen LogP contribution in [0.4, 0.5) is 0 Å². The van der Waals surface area contributed by atoms with E-state index in [0.29, 0.717) is 34.6 Å². The number of Topliss-reactive ketones (excluding diaryl/α,β-unsaturated/α-hetero) is 1. The molecule has 7 nitrogen and oxygen atoms in total. The second kappa shape index (κ2) is 9.17. The predicted octanol–water partition coefficient (Wildman–Crippen LogP) is 3.62. The van der Waals surface area contributed by atoms with E-state index in [1.165, 1.54) is 23.1 Å². The smallest absolute Gasteiger partial charge is 0.262 e. The van der Waals surface area contributed by atoms with Gasteiger partial charge in [0.15, 0.2) is 16.1 Å². The SMILES string of the molecule is Cc1cc(C(=O)CSc2nc3ccccc3c(=O)n2CCCO)c(C)n1-c1nccs1. The van der Waals surface area contributed by atoms with Gasteiger partial charge in [-0.25, -0.2) is 9.97 Å². The van der Waals surface area contributed by atoms with Gasteiger partial charge in [0, 0.05) is 41.7 Å². The van der Waals surface area contributed by atoms with Crippen LogP contribution in [0.2, 0.25) is 0 Å². The number of aryl methyl sites for hydroxylation is 1. The van der Waals surface area contributed by atoms with E-state index in [0.717, 1.165) is 16.5 Å². The number of ketones is 1. The van der Waals surface area contributed by atoms with Gasteiger partial charge >= 0.3 is 0 Å². The van der Waals surface area contributed by atoms with E-state index in [1.54, 1.807) is 29.0 Å². The summed E-state index contributed by atoms with van der Waals surface area (Å²) in [6.45, 7) is 4.20. The molecule has 4 aromatic rings. The van der Waals surface area contributed by atoms with Crippen LogP contribution >= 0.6 is 23.1 Å². The Hall–Kier alpha value is -2.75. The maximum absolute atomic E-state index is 13.0. The van der Waals surface area contributed by atoms with E-state index in [4.69, 9.17) is 0 Å². The molecule has 9 heteroatoms. The second-order valence-corrected chi connectivity index (χ2v) is 8.91. The summed E-state index contributed by atoms with van der Waals surface area (Å²) in [5.74, 6) is 0.128. The third-order valence-electron chi connectivity index (χ3n) is 5.04. The minimum atomic E-state index is -0.157. The van der Waals surface area contributed by atoms with Gasteiger partial charge in [0.05, 0.1) is 16.7 Å². The molecule has 3 aromatic heterocycles. The van der Waals surface area contributed by atoms with Crippen molar-refractivity contribution in [1.82, 2.24) is 19.1 Å². The molecular formula is C22H22N4O3S2. The van der Waals surface area contributed by atoms with Crippen molar-refractivity contribution in [2.75, 3.05) is 12.4 Å². The molecule has 0 fully saturated rings. The highest BCUT2D eigenvalue weighted by Crippen LogP contribution is 2.25. The van der Waals surface area contributed by atoms with Crippen molar-refractivity contribution in [3.8, 4) is 5.13 Å². The molecule has 0 aliphatic rings. The molecule has 0 bridgehead atoms. The highest BCUT2D eigenvalue weighted by atomic mass is 32.2. The predicted molar refractivity (Wildman–Crippen MR) is 124 cm³/mol. The van der Waals surface area contributed by atoms with Crippen LogP contribution in [0.25, 0.3) is 16.0 Å². The van der Waals surface area contributed by atoms with Crippen molar-refractivity contribution in [3.05, 3.63) is 69.2 Å². The summed E-state index contributed by atoms with van der Waals surface area (Å²) in [5.41, 5.74) is 2.89. The van der Waals surface area contributed by atoms with E-state index in [-0.39, 0.29) is 23.7 Å². The van der Waals surface area contributed by atoms with E-state index >= 15 is 0 Å². The van der Waals surface area contributed by atoms with Crippen molar-refractivity contribution in [3.63, 3.8) is 0 Å². The van der Waals surface area contributed by atoms with Gasteiger partial charge in [-0.2, -0.15) is 0 Å². The fourth-order valence-electron chi connectivity index (χ4n) is 3.56. The molecule has 0 amide bonds. The molecule has 1 N–H and O–H groups in total. The Morgan fingerprint density at radius 2 is 2.06 bits per heavy atom. The van der Waals surface area contributed by atoms with Gasteiger partial charge in [0.25, 0.3) is 5.56 Å². The quantitative estimate of drug-likeness (QED) is 0.248. The second-order valence-electron chi connectivity index (χ2n) is 7.09. The van der Waals surface area contributed by atoms with Crippen LogP contribution in [-0.4, -0.2) is 42.4 Å². The van der Waals surface area contributed by atoms with Crippen LogP contribution in [0.1, 0.15) is 28.2 Å². The van der Waals surface area contributed by atoms with Crippen LogP contribution in [0, 0.1) is 13.8 Å². The number of carbonyl (C=O) groups excluding carboxylic acids is 1. The Bertz CT molecular complexity index is 1290. The lowest BCUT2D eigenvalue weighted by atomic mass is 10.2. The van der Waals surface area contributed by atoms with Gasteiger partial charge in [-0.1, -0.05) is 23.9 Å². The zero-order valence-electron chi connectivity index (χ0n) is 17.2. The molecule has 0 saturated heterocycles. The number of hydrogen-bond acceptors (Lipinski definition) is 7. The van der Waals surface area contributed by atoms with Crippen LogP contribution in [0.15, 0.2) is 51.9 Å². The Morgan fingerprint density at radius 3 is 2.81 bits per heavy atom. The molecule has 31 heavy (non-hydrogen) atoms. The van der Waals surface area contributed by atoms with Crippen molar-refractivity contribution in [2.24, 2.45) is 0 Å². The topological polar surface area (TPSA) is 90.0 Å². The molecular weight excluding hydrogens is 432 g/mol. The zero-order chi connectivity index (χ0) is 22.0. The van der Waals surface area contributed by atoms with Gasteiger partial charge in [0.2, 0.25) is 0 Å². The Kier molecular flexibility index (Phi) is 6.35. The third kappa shape index (κ3) is 4.21. The monoisotopic (exact) mass is 454 g/mol. The fraction of sp³-hybridized carbons (Fsp3) is 0.273. The first-order valence-corrected chi connectivity index (χ1v) is 11.7. The number of fused-ring (bicyclic) bond motifs is 1. The Balaban J connectivity index is 1.63. The van der Waals surface area contributed by atoms with Crippen molar-refractivity contribution in [2.45, 2.75) is 32.0 Å². The number of para-hydroxylation sites is 1. The normalized spacial score (nSPS) is 11.3. The number of aliphatic hydroxyl groups is 1. The molecule has 4 rings (SSSR count). The standard InChI is InChI=1S/C22H22N4O3S2/c1-14-12-17(15(2)26(14)21-23-8-11-30-21)19(28)13-31-22-24-18-7-4-3-6-16(18)20(29)25(22)9-5-10-27/h3-4,6-8,11-12,27H,5,9-10,13H2,1-2H3. The van der Waals surface area contributed by atoms with Gasteiger partial charge in [-0.05, 0) is 38.5 Å². The Morgan fingerprint density at radius 1 is 1.26 bits per heavy atom. The number of aliphatic hydroxyl groups excluding tert-OH is 1. The first kappa shape index (κ1) is 21.5. The van der Waals surface area contributed by atoms with Gasteiger partial charge in [-0.15, -0.1) is 11.3 Å². The lowest BCUT2D eigenvalue weighted by Crippen LogP contribution is -2.24. The number of nitrogens with zero attached hydrogens (tertiary/aromatic N) is 4. The summed E-state index contributed by atoms with van der Waals surface area (Å²) in [4.78, 5) is 34.9. The summed E-state index contributed by atoms with van der Waals surface area (Å²) in [5, 5.41) is 13.0. The van der Waals surface area contributed by atoms with E-state index < -0.39 is 0 Å². The highest BCUT2D eigenvalue weighted by Gasteiger charge is 2.19. The number of rotatable bonds is 8.